The van der Waals surface area contributed by atoms with Crippen molar-refractivity contribution in [3.8, 4) is 5.75 Å². The van der Waals surface area contributed by atoms with Crippen molar-refractivity contribution in [1.82, 2.24) is 15.6 Å². The van der Waals surface area contributed by atoms with Gasteiger partial charge in [-0.15, -0.1) is 11.3 Å². The Balaban J connectivity index is 1.34. The minimum absolute atomic E-state index is 0.0274. The van der Waals surface area contributed by atoms with Crippen molar-refractivity contribution in [3.05, 3.63) is 45.4 Å². The molecule has 0 radical (unpaired) electrons. The lowest BCUT2D eigenvalue weighted by Crippen LogP contribution is -2.65. The molecule has 1 aliphatic heterocycles. The zero-order chi connectivity index (χ0) is 35.2. The number of aromatic nitrogens is 1. The molecule has 1 aromatic heterocycles. The molecule has 3 aliphatic carbocycles. The second-order valence-corrected chi connectivity index (χ2v) is 16.9. The molecule has 3 saturated carbocycles. The van der Waals surface area contributed by atoms with Gasteiger partial charge in [-0.25, -0.2) is 14.6 Å². The van der Waals surface area contributed by atoms with Gasteiger partial charge in [-0.3, -0.25) is 4.79 Å². The predicted molar refractivity (Wildman–Crippen MR) is 183 cm³/mol. The molecule has 2 N–H and O–H groups in total. The SMILES string of the molecule is COc1c(CC(NC(=O)Cc2csc(CNC(=O)OC(C)(C)C)n2)B2O[C@@H]3C[C@@H]4C[C@@H](C4(C)C)[C@]3(C)O2)cccc1C(=O)OC(C)(C)C. The second kappa shape index (κ2) is 13.3. The number of nitrogens with zero attached hydrogens (tertiary/aromatic N) is 1. The molecule has 11 nitrogen and oxygen atoms in total. The van der Waals surface area contributed by atoms with E-state index in [1.165, 1.54) is 18.4 Å². The number of carbonyl (C=O) groups is 3. The number of carbonyl (C=O) groups excluding carboxylic acids is 3. The van der Waals surface area contributed by atoms with E-state index in [-0.39, 0.29) is 30.4 Å². The predicted octanol–water partition coefficient (Wildman–Crippen LogP) is 5.67. The van der Waals surface area contributed by atoms with Crippen LogP contribution in [0.3, 0.4) is 0 Å². The number of nitrogens with one attached hydrogen (secondary N) is 2. The fourth-order valence-electron chi connectivity index (χ4n) is 7.40. The molecule has 2 bridgehead atoms. The third kappa shape index (κ3) is 7.84. The first-order valence-electron chi connectivity index (χ1n) is 16.7. The molecule has 13 heteroatoms. The van der Waals surface area contributed by atoms with Crippen molar-refractivity contribution < 1.29 is 37.9 Å². The number of hydrogen-bond donors (Lipinski definition) is 2. The lowest BCUT2D eigenvalue weighted by molar-refractivity contribution is -0.199. The first-order valence-corrected chi connectivity index (χ1v) is 17.6. The standard InChI is InChI=1S/C35H50BN3O8S/c1-32(2,3)44-30(41)23-13-11-12-20(29(23)43-10)14-26(36-46-25-16-21-15-24(34(21,7)8)35(25,9)47-36)39-27(40)17-22-19-48-28(38-22)18-37-31(42)45-33(4,5)6/h11-13,19,21,24-26H,14-18H2,1-10H3,(H,37,42)(H,39,40)/t21-,24-,25+,26?,35-/m0/s1. The van der Waals surface area contributed by atoms with Crippen LogP contribution in [-0.2, 0) is 43.0 Å². The van der Waals surface area contributed by atoms with E-state index in [1.807, 2.05) is 32.2 Å². The van der Waals surface area contributed by atoms with Crippen molar-refractivity contribution in [2.24, 2.45) is 17.3 Å². The maximum absolute atomic E-state index is 13.6. The second-order valence-electron chi connectivity index (χ2n) is 16.0. The van der Waals surface area contributed by atoms with Gasteiger partial charge in [-0.05, 0) is 96.6 Å². The average molecular weight is 684 g/mol. The molecule has 4 aliphatic rings. The summed E-state index contributed by atoms with van der Waals surface area (Å²) >= 11 is 1.36. The molecule has 6 rings (SSSR count). The van der Waals surface area contributed by atoms with Crippen LogP contribution < -0.4 is 15.4 Å². The van der Waals surface area contributed by atoms with Crippen molar-refractivity contribution in [2.45, 2.75) is 123 Å². The van der Waals surface area contributed by atoms with Gasteiger partial charge < -0.3 is 34.2 Å². The molecule has 1 aromatic carbocycles. The van der Waals surface area contributed by atoms with E-state index in [4.69, 9.17) is 23.5 Å². The first-order chi connectivity index (χ1) is 22.3. The van der Waals surface area contributed by atoms with E-state index in [2.05, 4.69) is 36.4 Å². The molecule has 2 aromatic rings. The Hall–Kier alpha value is -3.16. The summed E-state index contributed by atoms with van der Waals surface area (Å²) in [6, 6.07) is 5.34. The number of amides is 2. The zero-order valence-corrected chi connectivity index (χ0v) is 30.7. The number of hydrogen-bond acceptors (Lipinski definition) is 10. The van der Waals surface area contributed by atoms with Crippen molar-refractivity contribution in [3.63, 3.8) is 0 Å². The fraction of sp³-hybridized carbons (Fsp3) is 0.657. The number of esters is 1. The number of para-hydroxylation sites is 1. The van der Waals surface area contributed by atoms with Crippen LogP contribution in [0.25, 0.3) is 0 Å². The molecular formula is C35H50BN3O8S. The molecule has 48 heavy (non-hydrogen) atoms. The molecule has 2 amide bonds. The van der Waals surface area contributed by atoms with Gasteiger partial charge in [0.05, 0.1) is 43.4 Å². The molecule has 1 unspecified atom stereocenters. The third-order valence-electron chi connectivity index (χ3n) is 9.73. The lowest BCUT2D eigenvalue weighted by Gasteiger charge is -2.64. The summed E-state index contributed by atoms with van der Waals surface area (Å²) in [6.45, 7) is 17.8. The highest BCUT2D eigenvalue weighted by atomic mass is 32.1. The Kier molecular flexibility index (Phi) is 10.00. The topological polar surface area (TPSA) is 134 Å². The van der Waals surface area contributed by atoms with Gasteiger partial charge in [0, 0.05) is 5.38 Å². The number of ether oxygens (including phenoxy) is 3. The van der Waals surface area contributed by atoms with Crippen LogP contribution in [0.5, 0.6) is 5.75 Å². The number of thiazole rings is 1. The Bertz CT molecular complexity index is 1530. The van der Waals surface area contributed by atoms with Crippen molar-refractivity contribution in [2.75, 3.05) is 7.11 Å². The zero-order valence-electron chi connectivity index (χ0n) is 29.9. The van der Waals surface area contributed by atoms with Gasteiger partial charge >= 0.3 is 19.2 Å². The van der Waals surface area contributed by atoms with Gasteiger partial charge in [0.2, 0.25) is 5.91 Å². The maximum atomic E-state index is 13.6. The van der Waals surface area contributed by atoms with Crippen LogP contribution in [0.2, 0.25) is 0 Å². The minimum atomic E-state index is -0.710. The van der Waals surface area contributed by atoms with Crippen molar-refractivity contribution >= 4 is 36.4 Å². The van der Waals surface area contributed by atoms with E-state index < -0.39 is 41.9 Å². The summed E-state index contributed by atoms with van der Waals surface area (Å²) in [4.78, 5) is 43.3. The Morgan fingerprint density at radius 1 is 1.08 bits per heavy atom. The number of rotatable bonds is 10. The summed E-state index contributed by atoms with van der Waals surface area (Å²) in [6.07, 6.45) is 1.73. The Morgan fingerprint density at radius 3 is 2.44 bits per heavy atom. The van der Waals surface area contributed by atoms with Gasteiger partial charge in [-0.1, -0.05) is 26.0 Å². The van der Waals surface area contributed by atoms with Crippen LogP contribution in [0.1, 0.15) is 102 Å². The van der Waals surface area contributed by atoms with Gasteiger partial charge in [0.1, 0.15) is 27.5 Å². The Labute approximate surface area is 288 Å². The highest BCUT2D eigenvalue weighted by Gasteiger charge is 2.68. The van der Waals surface area contributed by atoms with Crippen LogP contribution in [0.15, 0.2) is 23.6 Å². The number of alkyl carbamates (subject to hydrolysis) is 1. The maximum Gasteiger partial charge on any atom is 0.482 e. The largest absolute Gasteiger partial charge is 0.496 e. The van der Waals surface area contributed by atoms with Crippen LogP contribution in [0.4, 0.5) is 4.79 Å². The number of benzene rings is 1. The van der Waals surface area contributed by atoms with Crippen LogP contribution >= 0.6 is 11.3 Å². The summed E-state index contributed by atoms with van der Waals surface area (Å²) < 4.78 is 30.1. The highest BCUT2D eigenvalue weighted by molar-refractivity contribution is 7.09. The third-order valence-corrected chi connectivity index (χ3v) is 10.6. The Morgan fingerprint density at radius 2 is 1.79 bits per heavy atom. The smallest absolute Gasteiger partial charge is 0.482 e. The van der Waals surface area contributed by atoms with Crippen LogP contribution in [-0.4, -0.2) is 66.0 Å². The van der Waals surface area contributed by atoms with Crippen LogP contribution in [0, 0.1) is 17.3 Å². The van der Waals surface area contributed by atoms with Gasteiger partial charge in [0.15, 0.2) is 0 Å². The number of methoxy groups -OCH3 is 1. The van der Waals surface area contributed by atoms with E-state index in [9.17, 15) is 14.4 Å². The average Bonchev–Trinajstić information content (AvgIpc) is 3.56. The molecule has 4 fully saturated rings. The molecule has 5 atom stereocenters. The highest BCUT2D eigenvalue weighted by Crippen LogP contribution is 2.65. The van der Waals surface area contributed by atoms with E-state index in [0.29, 0.717) is 45.8 Å². The molecular weight excluding hydrogens is 633 g/mol. The lowest BCUT2D eigenvalue weighted by atomic mass is 9.43. The fourth-order valence-corrected chi connectivity index (χ4v) is 8.13. The summed E-state index contributed by atoms with van der Waals surface area (Å²) in [5.41, 5.74) is 0.00751. The quantitative estimate of drug-likeness (QED) is 0.240. The minimum Gasteiger partial charge on any atom is -0.496 e. The molecule has 262 valence electrons. The molecule has 1 saturated heterocycles. The summed E-state index contributed by atoms with van der Waals surface area (Å²) in [5, 5.41) is 8.34. The summed E-state index contributed by atoms with van der Waals surface area (Å²) in [5.74, 6) is -0.0204. The molecule has 2 heterocycles. The van der Waals surface area contributed by atoms with E-state index in [1.54, 1.807) is 32.9 Å². The first kappa shape index (κ1) is 36.1. The summed E-state index contributed by atoms with van der Waals surface area (Å²) in [7, 11) is 0.809. The van der Waals surface area contributed by atoms with E-state index in [0.717, 1.165) is 12.8 Å². The van der Waals surface area contributed by atoms with Gasteiger partial charge in [-0.2, -0.15) is 0 Å². The van der Waals surface area contributed by atoms with Crippen molar-refractivity contribution in [1.29, 1.82) is 0 Å². The van der Waals surface area contributed by atoms with Gasteiger partial charge in [0.25, 0.3) is 0 Å². The normalized spacial score (nSPS) is 25.0. The molecule has 0 spiro atoms. The monoisotopic (exact) mass is 683 g/mol. The van der Waals surface area contributed by atoms with E-state index >= 15 is 0 Å².